The van der Waals surface area contributed by atoms with E-state index in [4.69, 9.17) is 25.8 Å². The van der Waals surface area contributed by atoms with Crippen molar-refractivity contribution in [2.75, 3.05) is 31.6 Å². The third kappa shape index (κ3) is 7.30. The molecule has 3 aromatic rings. The van der Waals surface area contributed by atoms with Crippen LogP contribution in [0, 0.1) is 11.7 Å². The average molecular weight is 656 g/mol. The molecule has 0 bridgehead atoms. The van der Waals surface area contributed by atoms with E-state index in [1.807, 2.05) is 47.7 Å². The summed E-state index contributed by atoms with van der Waals surface area (Å²) in [4.78, 5) is 41.7. The van der Waals surface area contributed by atoms with Gasteiger partial charge in [0.25, 0.3) is 11.8 Å². The number of rotatable bonds is 13. The van der Waals surface area contributed by atoms with Gasteiger partial charge in [-0.25, -0.2) is 9.29 Å². The van der Waals surface area contributed by atoms with Crippen LogP contribution in [0.1, 0.15) is 74.7 Å². The van der Waals surface area contributed by atoms with E-state index in [0.29, 0.717) is 57.4 Å². The summed E-state index contributed by atoms with van der Waals surface area (Å²) in [6.45, 7) is 5.58. The number of likely N-dealkylation sites (tertiary alicyclic amines) is 1. The predicted octanol–water partition coefficient (Wildman–Crippen LogP) is 6.65. The number of ether oxygens (including phenoxy) is 3. The number of benzene rings is 2. The number of hydrogen-bond acceptors (Lipinski definition) is 7. The molecule has 0 radical (unpaired) electrons. The molecule has 1 unspecified atom stereocenters. The van der Waals surface area contributed by atoms with Gasteiger partial charge in [-0.15, -0.1) is 0 Å². The molecule has 5 rings (SSSR count). The number of carbonyl (C=O) groups is 3. The maximum absolute atomic E-state index is 15.7. The van der Waals surface area contributed by atoms with Crippen LogP contribution >= 0.6 is 11.6 Å². The van der Waals surface area contributed by atoms with Gasteiger partial charge in [-0.2, -0.15) is 0 Å². The number of amides is 1. The molecule has 1 aromatic heterocycles. The lowest BCUT2D eigenvalue weighted by atomic mass is 9.87. The first-order valence-corrected chi connectivity index (χ1v) is 16.6. The standard InChI is InChI=1S/C35H43ClFN3O6/c1-4-18-45-35(40-16-8-9-17-40,46-25-14-12-23(13-15-25)34(43)44-5-2)32(41)20-24-19-28(36)30(21-29(24)37)38-33(42)27-22-39(3)31-11-7-6-10-26(27)31/h6-7,10-11,19,21-23,25H,4-5,8-9,12-18,20H2,1-3H3,(H,38,42)/t23-,25-,35?. The molecule has 2 heterocycles. The second kappa shape index (κ2) is 15.1. The van der Waals surface area contributed by atoms with E-state index in [2.05, 4.69) is 5.32 Å². The van der Waals surface area contributed by atoms with Gasteiger partial charge in [0.15, 0.2) is 0 Å². The molecule has 46 heavy (non-hydrogen) atoms. The fourth-order valence-electron chi connectivity index (χ4n) is 6.49. The van der Waals surface area contributed by atoms with Crippen LogP contribution in [0.15, 0.2) is 42.6 Å². The summed E-state index contributed by atoms with van der Waals surface area (Å²) in [6.07, 6.45) is 5.86. The summed E-state index contributed by atoms with van der Waals surface area (Å²) < 4.78 is 35.6. The van der Waals surface area contributed by atoms with Crippen LogP contribution in [0.25, 0.3) is 10.9 Å². The van der Waals surface area contributed by atoms with E-state index >= 15 is 4.39 Å². The Kier molecular flexibility index (Phi) is 11.1. The molecule has 0 spiro atoms. The molecular formula is C35H43ClFN3O6. The lowest BCUT2D eigenvalue weighted by molar-refractivity contribution is -0.311. The van der Waals surface area contributed by atoms with Gasteiger partial charge in [0.2, 0.25) is 5.78 Å². The second-order valence-corrected chi connectivity index (χ2v) is 12.5. The SMILES string of the molecule is CCCOC(O[C@H]1CC[C@H](C(=O)OCC)CC1)(C(=O)Cc1cc(Cl)c(NC(=O)c2cn(C)c3ccccc23)cc1F)N1CCCC1. The van der Waals surface area contributed by atoms with Gasteiger partial charge in [-0.1, -0.05) is 36.7 Å². The van der Waals surface area contributed by atoms with Gasteiger partial charge in [0.05, 0.1) is 41.5 Å². The number of hydrogen-bond donors (Lipinski definition) is 1. The third-order valence-corrected chi connectivity index (χ3v) is 9.19. The minimum absolute atomic E-state index is 0.0800. The molecule has 9 nitrogen and oxygen atoms in total. The lowest BCUT2D eigenvalue weighted by Gasteiger charge is -2.43. The minimum Gasteiger partial charge on any atom is -0.466 e. The molecule has 1 saturated heterocycles. The number of aromatic nitrogens is 1. The number of aryl methyl sites for hydroxylation is 1. The third-order valence-electron chi connectivity index (χ3n) is 8.87. The van der Waals surface area contributed by atoms with Crippen molar-refractivity contribution in [3.63, 3.8) is 0 Å². The van der Waals surface area contributed by atoms with Gasteiger partial charge in [0.1, 0.15) is 5.82 Å². The second-order valence-electron chi connectivity index (χ2n) is 12.1. The monoisotopic (exact) mass is 655 g/mol. The number of halogens is 2. The molecule has 1 aliphatic heterocycles. The average Bonchev–Trinajstić information content (AvgIpc) is 3.71. The van der Waals surface area contributed by atoms with Crippen molar-refractivity contribution in [3.05, 3.63) is 64.6 Å². The van der Waals surface area contributed by atoms with Crippen LogP contribution in [0.4, 0.5) is 10.1 Å². The Morgan fingerprint density at radius 2 is 1.78 bits per heavy atom. The number of para-hydroxylation sites is 1. The number of ketones is 1. The Bertz CT molecular complexity index is 1560. The largest absolute Gasteiger partial charge is 0.466 e. The van der Waals surface area contributed by atoms with Crippen LogP contribution < -0.4 is 5.32 Å². The maximum Gasteiger partial charge on any atom is 0.308 e. The highest BCUT2D eigenvalue weighted by molar-refractivity contribution is 6.34. The van der Waals surface area contributed by atoms with Gasteiger partial charge in [-0.3, -0.25) is 14.4 Å². The Balaban J connectivity index is 1.35. The molecule has 2 aliphatic rings. The summed E-state index contributed by atoms with van der Waals surface area (Å²) >= 11 is 6.57. The van der Waals surface area contributed by atoms with Crippen LogP contribution in [-0.4, -0.2) is 65.4 Å². The van der Waals surface area contributed by atoms with E-state index < -0.39 is 23.4 Å². The molecule has 1 atom stereocenters. The van der Waals surface area contributed by atoms with Crippen molar-refractivity contribution in [2.24, 2.45) is 13.0 Å². The molecule has 248 valence electrons. The summed E-state index contributed by atoms with van der Waals surface area (Å²) in [7, 11) is 1.85. The fraction of sp³-hybridized carbons (Fsp3) is 0.514. The van der Waals surface area contributed by atoms with Crippen molar-refractivity contribution in [1.82, 2.24) is 9.47 Å². The zero-order chi connectivity index (χ0) is 32.8. The quantitative estimate of drug-likeness (QED) is 0.163. The van der Waals surface area contributed by atoms with E-state index in [0.717, 1.165) is 29.8 Å². The number of nitrogens with one attached hydrogen (secondary N) is 1. The van der Waals surface area contributed by atoms with Gasteiger partial charge in [0, 0.05) is 43.7 Å². The highest BCUT2D eigenvalue weighted by atomic mass is 35.5. The number of nitrogens with zero attached hydrogens (tertiary/aromatic N) is 2. The van der Waals surface area contributed by atoms with Crippen LogP contribution in [0.3, 0.4) is 0 Å². The highest BCUT2D eigenvalue weighted by Crippen LogP contribution is 2.36. The first kappa shape index (κ1) is 34.0. The normalized spacial score (nSPS) is 20.0. The lowest BCUT2D eigenvalue weighted by Crippen LogP contribution is -2.60. The smallest absolute Gasteiger partial charge is 0.308 e. The summed E-state index contributed by atoms with van der Waals surface area (Å²) in [6, 6.07) is 10.0. The fourth-order valence-corrected chi connectivity index (χ4v) is 6.73. The number of esters is 1. The zero-order valence-electron chi connectivity index (χ0n) is 26.8. The molecule has 1 amide bonds. The Morgan fingerprint density at radius 3 is 2.48 bits per heavy atom. The summed E-state index contributed by atoms with van der Waals surface area (Å²) in [5.41, 5.74) is 1.51. The molecule has 1 aliphatic carbocycles. The number of Topliss-reactive ketones (excluding diaryl/α,β-unsaturated/α-hetero) is 1. The van der Waals surface area contributed by atoms with Gasteiger partial charge in [-0.05, 0) is 75.6 Å². The molecule has 1 N–H and O–H groups in total. The number of carbonyl (C=O) groups excluding carboxylic acids is 3. The van der Waals surface area contributed by atoms with Crippen LogP contribution in [-0.2, 0) is 37.3 Å². The maximum atomic E-state index is 15.7. The number of anilines is 1. The van der Waals surface area contributed by atoms with Crippen molar-refractivity contribution >= 4 is 45.9 Å². The van der Waals surface area contributed by atoms with Crippen molar-refractivity contribution in [2.45, 2.75) is 77.2 Å². The van der Waals surface area contributed by atoms with Crippen LogP contribution in [0.5, 0.6) is 0 Å². The zero-order valence-corrected chi connectivity index (χ0v) is 27.5. The van der Waals surface area contributed by atoms with Crippen molar-refractivity contribution in [1.29, 1.82) is 0 Å². The van der Waals surface area contributed by atoms with Crippen molar-refractivity contribution < 1.29 is 33.0 Å². The van der Waals surface area contributed by atoms with Crippen LogP contribution in [0.2, 0.25) is 5.02 Å². The Hall–Kier alpha value is -3.31. The molecule has 2 aromatic carbocycles. The topological polar surface area (TPSA) is 99.1 Å². The van der Waals surface area contributed by atoms with Crippen molar-refractivity contribution in [3.8, 4) is 0 Å². The first-order chi connectivity index (χ1) is 22.2. The Labute approximate surface area is 274 Å². The van der Waals surface area contributed by atoms with Gasteiger partial charge < -0.3 is 24.1 Å². The predicted molar refractivity (Wildman–Crippen MR) is 174 cm³/mol. The Morgan fingerprint density at radius 1 is 1.07 bits per heavy atom. The van der Waals surface area contributed by atoms with E-state index in [1.54, 1.807) is 13.1 Å². The molecule has 2 fully saturated rings. The first-order valence-electron chi connectivity index (χ1n) is 16.3. The van der Waals surface area contributed by atoms with Gasteiger partial charge >= 0.3 is 5.97 Å². The summed E-state index contributed by atoms with van der Waals surface area (Å²) in [5, 5.41) is 3.60. The minimum atomic E-state index is -1.69. The molecule has 11 heteroatoms. The highest BCUT2D eigenvalue weighted by Gasteiger charge is 2.49. The summed E-state index contributed by atoms with van der Waals surface area (Å²) in [5.74, 6) is -3.59. The molecular weight excluding hydrogens is 613 g/mol. The van der Waals surface area contributed by atoms with E-state index in [9.17, 15) is 14.4 Å². The van der Waals surface area contributed by atoms with E-state index in [-0.39, 0.29) is 47.3 Å². The number of fused-ring (bicyclic) bond motifs is 1. The molecule has 1 saturated carbocycles. The van der Waals surface area contributed by atoms with E-state index in [1.165, 1.54) is 6.07 Å².